The number of hydrogen-bond acceptors (Lipinski definition) is 6. The van der Waals surface area contributed by atoms with Crippen molar-refractivity contribution in [1.82, 2.24) is 19.6 Å². The van der Waals surface area contributed by atoms with Crippen LogP contribution in [0.2, 0.25) is 0 Å². The van der Waals surface area contributed by atoms with Crippen molar-refractivity contribution in [2.24, 2.45) is 0 Å². The topological polar surface area (TPSA) is 110 Å². The van der Waals surface area contributed by atoms with Crippen LogP contribution < -0.4 is 14.6 Å². The summed E-state index contributed by atoms with van der Waals surface area (Å²) in [6.07, 6.45) is 1.11. The lowest BCUT2D eigenvalue weighted by molar-refractivity contribution is 0.415. The zero-order valence-corrected chi connectivity index (χ0v) is 14.7. The van der Waals surface area contributed by atoms with Crippen molar-refractivity contribution in [2.75, 3.05) is 17.7 Å². The van der Waals surface area contributed by atoms with Crippen LogP contribution in [-0.2, 0) is 16.6 Å². The van der Waals surface area contributed by atoms with Crippen LogP contribution in [0.5, 0.6) is 5.75 Å². The highest BCUT2D eigenvalue weighted by molar-refractivity contribution is 7.92. The van der Waals surface area contributed by atoms with Gasteiger partial charge in [-0.15, -0.1) is 0 Å². The molecule has 0 aliphatic heterocycles. The average Bonchev–Trinajstić information content (AvgIpc) is 2.95. The fourth-order valence-corrected chi connectivity index (χ4v) is 3.25. The molecule has 0 spiro atoms. The van der Waals surface area contributed by atoms with Crippen molar-refractivity contribution in [3.63, 3.8) is 0 Å². The summed E-state index contributed by atoms with van der Waals surface area (Å²) in [6.45, 7) is 1.63. The minimum atomic E-state index is -3.57. The van der Waals surface area contributed by atoms with Crippen LogP contribution in [0, 0.1) is 6.92 Å². The van der Waals surface area contributed by atoms with E-state index in [0.29, 0.717) is 23.0 Å². The van der Waals surface area contributed by atoms with Crippen LogP contribution in [0.4, 0.5) is 5.69 Å². The number of fused-ring (bicyclic) bond motifs is 1. The van der Waals surface area contributed by atoms with Crippen molar-refractivity contribution in [3.05, 3.63) is 52.2 Å². The zero-order valence-electron chi connectivity index (χ0n) is 13.9. The van der Waals surface area contributed by atoms with Crippen molar-refractivity contribution in [3.8, 4) is 5.75 Å². The van der Waals surface area contributed by atoms with Gasteiger partial charge >= 0.3 is 0 Å². The van der Waals surface area contributed by atoms with Gasteiger partial charge in [0.15, 0.2) is 0 Å². The minimum Gasteiger partial charge on any atom is -0.497 e. The molecule has 1 aromatic carbocycles. The van der Waals surface area contributed by atoms with Gasteiger partial charge in [-0.05, 0) is 31.2 Å². The average molecular weight is 363 g/mol. The summed E-state index contributed by atoms with van der Waals surface area (Å²) in [7, 11) is -2.03. The Kier molecular flexibility index (Phi) is 4.21. The molecule has 2 aromatic heterocycles. The molecule has 0 fully saturated rings. The highest BCUT2D eigenvalue weighted by atomic mass is 32.2. The molecule has 0 amide bonds. The standard InChI is InChI=1S/C15H17N5O4S/c1-10-8-14(21)20-15(16-10)17-13(18-20)9-19(25(3,22)23)11-4-6-12(24-2)7-5-11/h4-8H,9H2,1-3H3,(H,16,17,18). The first-order valence-electron chi connectivity index (χ1n) is 7.35. The maximum atomic E-state index is 12.2. The Labute approximate surface area is 143 Å². The van der Waals surface area contributed by atoms with Crippen molar-refractivity contribution in [2.45, 2.75) is 13.5 Å². The third-order valence-corrected chi connectivity index (χ3v) is 4.70. The van der Waals surface area contributed by atoms with Gasteiger partial charge in [-0.2, -0.15) is 9.50 Å². The molecule has 1 N–H and O–H groups in total. The van der Waals surface area contributed by atoms with E-state index in [1.165, 1.54) is 22.0 Å². The van der Waals surface area contributed by atoms with Gasteiger partial charge < -0.3 is 4.74 Å². The molecule has 3 rings (SSSR count). The van der Waals surface area contributed by atoms with E-state index in [2.05, 4.69) is 15.1 Å². The summed E-state index contributed by atoms with van der Waals surface area (Å²) < 4.78 is 31.8. The summed E-state index contributed by atoms with van der Waals surface area (Å²) in [5, 5.41) is 2.79. The van der Waals surface area contributed by atoms with Gasteiger partial charge in [-0.3, -0.25) is 14.2 Å². The number of H-pyrrole nitrogens is 1. The normalized spacial score (nSPS) is 11.6. The van der Waals surface area contributed by atoms with Gasteiger partial charge in [0.2, 0.25) is 10.0 Å². The molecule has 3 aromatic rings. The summed E-state index contributed by atoms with van der Waals surface area (Å²) in [5.41, 5.74) is 0.690. The second-order valence-corrected chi connectivity index (χ2v) is 7.42. The quantitative estimate of drug-likeness (QED) is 0.715. The summed E-state index contributed by atoms with van der Waals surface area (Å²) in [5.74, 6) is 1.12. The highest BCUT2D eigenvalue weighted by Gasteiger charge is 2.20. The van der Waals surface area contributed by atoms with Crippen LogP contribution >= 0.6 is 0 Å². The number of ether oxygens (including phenoxy) is 1. The van der Waals surface area contributed by atoms with E-state index in [1.807, 2.05) is 0 Å². The van der Waals surface area contributed by atoms with E-state index >= 15 is 0 Å². The number of sulfonamides is 1. The van der Waals surface area contributed by atoms with Gasteiger partial charge in [0.05, 0.1) is 25.6 Å². The number of anilines is 1. The van der Waals surface area contributed by atoms with E-state index in [9.17, 15) is 13.2 Å². The number of nitrogens with zero attached hydrogens (tertiary/aromatic N) is 4. The second kappa shape index (κ2) is 6.20. The van der Waals surface area contributed by atoms with Gasteiger partial charge in [0.25, 0.3) is 11.3 Å². The van der Waals surface area contributed by atoms with E-state index in [0.717, 1.165) is 6.26 Å². The van der Waals surface area contributed by atoms with E-state index < -0.39 is 10.0 Å². The van der Waals surface area contributed by atoms with Crippen LogP contribution in [0.1, 0.15) is 11.5 Å². The lowest BCUT2D eigenvalue weighted by atomic mass is 10.3. The van der Waals surface area contributed by atoms with Gasteiger partial charge in [0, 0.05) is 11.8 Å². The van der Waals surface area contributed by atoms with E-state index in [4.69, 9.17) is 4.74 Å². The first-order chi connectivity index (χ1) is 11.8. The molecule has 2 heterocycles. The number of rotatable bonds is 5. The van der Waals surface area contributed by atoms with E-state index in [-0.39, 0.29) is 17.9 Å². The molecular weight excluding hydrogens is 346 g/mol. The molecule has 9 nitrogen and oxygen atoms in total. The molecule has 0 unspecified atom stereocenters. The molecule has 0 bridgehead atoms. The van der Waals surface area contributed by atoms with Crippen LogP contribution in [0.3, 0.4) is 0 Å². The lowest BCUT2D eigenvalue weighted by Gasteiger charge is -2.21. The Morgan fingerprint density at radius 2 is 1.92 bits per heavy atom. The smallest absolute Gasteiger partial charge is 0.274 e. The first-order valence-corrected chi connectivity index (χ1v) is 9.20. The molecule has 0 saturated carbocycles. The third-order valence-electron chi connectivity index (χ3n) is 3.56. The van der Waals surface area contributed by atoms with E-state index in [1.54, 1.807) is 31.2 Å². The van der Waals surface area contributed by atoms with Crippen LogP contribution in [0.15, 0.2) is 35.1 Å². The lowest BCUT2D eigenvalue weighted by Crippen LogP contribution is -2.29. The predicted molar refractivity (Wildman–Crippen MR) is 92.4 cm³/mol. The van der Waals surface area contributed by atoms with Crippen molar-refractivity contribution < 1.29 is 13.2 Å². The molecule has 25 heavy (non-hydrogen) atoms. The molecule has 0 radical (unpaired) electrons. The van der Waals surface area contributed by atoms with Crippen LogP contribution in [0.25, 0.3) is 5.78 Å². The highest BCUT2D eigenvalue weighted by Crippen LogP contribution is 2.22. The predicted octanol–water partition coefficient (Wildman–Crippen LogP) is 0.701. The first kappa shape index (κ1) is 17.0. The minimum absolute atomic E-state index is 0.0625. The molecule has 0 aliphatic rings. The molecule has 10 heteroatoms. The number of methoxy groups -OCH3 is 1. The third kappa shape index (κ3) is 3.48. The zero-order chi connectivity index (χ0) is 18.2. The summed E-state index contributed by atoms with van der Waals surface area (Å²) in [6, 6.07) is 7.98. The van der Waals surface area contributed by atoms with Gasteiger partial charge in [-0.25, -0.2) is 13.4 Å². The molecular formula is C15H17N5O4S. The molecule has 132 valence electrons. The number of benzene rings is 1. The molecule has 0 atom stereocenters. The Hall–Kier alpha value is -2.88. The Morgan fingerprint density at radius 1 is 1.24 bits per heavy atom. The number of hydrogen-bond donors (Lipinski definition) is 1. The van der Waals surface area contributed by atoms with Gasteiger partial charge in [0.1, 0.15) is 11.6 Å². The van der Waals surface area contributed by atoms with Gasteiger partial charge in [-0.1, -0.05) is 0 Å². The Balaban J connectivity index is 2.01. The Morgan fingerprint density at radius 3 is 2.52 bits per heavy atom. The maximum absolute atomic E-state index is 12.2. The number of aromatic nitrogens is 4. The molecule has 0 aliphatic carbocycles. The van der Waals surface area contributed by atoms with Crippen molar-refractivity contribution in [1.29, 1.82) is 0 Å². The maximum Gasteiger partial charge on any atom is 0.274 e. The SMILES string of the molecule is COc1ccc(N(Cc2nc3nc(C)cc(=O)n3[nH]2)S(C)(=O)=O)cc1. The fraction of sp³-hybridized carbons (Fsp3) is 0.267. The summed E-state index contributed by atoms with van der Waals surface area (Å²) in [4.78, 5) is 20.3. The fourth-order valence-electron chi connectivity index (χ4n) is 2.39. The summed E-state index contributed by atoms with van der Waals surface area (Å²) >= 11 is 0. The number of aryl methyl sites for hydroxylation is 1. The molecule has 0 saturated heterocycles. The Bertz CT molecular complexity index is 1070. The monoisotopic (exact) mass is 363 g/mol. The van der Waals surface area contributed by atoms with Crippen molar-refractivity contribution >= 4 is 21.5 Å². The van der Waals surface area contributed by atoms with Crippen LogP contribution in [-0.4, -0.2) is 41.4 Å². The largest absolute Gasteiger partial charge is 0.497 e. The second-order valence-electron chi connectivity index (χ2n) is 5.51. The number of aromatic amines is 1. The number of nitrogens with one attached hydrogen (secondary N) is 1.